The lowest BCUT2D eigenvalue weighted by atomic mass is 9.83. The molecule has 2 aliphatic rings. The molecule has 24 heavy (non-hydrogen) atoms. The first-order valence-electron chi connectivity index (χ1n) is 8.35. The average molecular weight is 347 g/mol. The summed E-state index contributed by atoms with van der Waals surface area (Å²) in [4.78, 5) is 18.9. The number of nitrogens with zero attached hydrogens (tertiary/aromatic N) is 3. The molecular formula is C17H21N3O3S. The molecule has 0 saturated carbocycles. The summed E-state index contributed by atoms with van der Waals surface area (Å²) in [7, 11) is 0. The number of ether oxygens (including phenoxy) is 1. The number of carbonyl (C=O) groups excluding carboxylic acids is 1. The largest absolute Gasteiger partial charge is 0.377 e. The zero-order valence-corrected chi connectivity index (χ0v) is 14.7. The summed E-state index contributed by atoms with van der Waals surface area (Å²) in [5.74, 6) is 1.18. The lowest BCUT2D eigenvalue weighted by Crippen LogP contribution is -2.44. The second-order valence-electron chi connectivity index (χ2n) is 6.75. The Balaban J connectivity index is 1.39. The van der Waals surface area contributed by atoms with E-state index < -0.39 is 0 Å². The summed E-state index contributed by atoms with van der Waals surface area (Å²) in [5, 5.41) is 7.04. The number of piperidine rings is 1. The van der Waals surface area contributed by atoms with Crippen molar-refractivity contribution in [2.75, 3.05) is 19.7 Å². The highest BCUT2D eigenvalue weighted by Crippen LogP contribution is 2.36. The Morgan fingerprint density at radius 2 is 2.29 bits per heavy atom. The molecule has 0 bridgehead atoms. The van der Waals surface area contributed by atoms with Gasteiger partial charge in [-0.05, 0) is 26.2 Å². The molecule has 0 N–H and O–H groups in total. The van der Waals surface area contributed by atoms with E-state index in [-0.39, 0.29) is 12.0 Å². The number of hydrogen-bond acceptors (Lipinski definition) is 6. The van der Waals surface area contributed by atoms with Gasteiger partial charge in [0.15, 0.2) is 0 Å². The maximum atomic E-state index is 12.5. The summed E-state index contributed by atoms with van der Waals surface area (Å²) in [5.41, 5.74) is 1.81. The van der Waals surface area contributed by atoms with Gasteiger partial charge < -0.3 is 14.2 Å². The van der Waals surface area contributed by atoms with E-state index in [2.05, 4.69) is 15.5 Å². The molecule has 0 aliphatic carbocycles. The molecule has 2 aromatic rings. The summed E-state index contributed by atoms with van der Waals surface area (Å²) in [6.07, 6.45) is 2.08. The van der Waals surface area contributed by atoms with Crippen LogP contribution in [-0.2, 0) is 11.2 Å². The minimum atomic E-state index is -0.0620. The van der Waals surface area contributed by atoms with Crippen molar-refractivity contribution in [2.24, 2.45) is 11.8 Å². The topological polar surface area (TPSA) is 68.5 Å². The Kier molecular flexibility index (Phi) is 4.14. The van der Waals surface area contributed by atoms with Crippen LogP contribution < -0.4 is 0 Å². The van der Waals surface area contributed by atoms with E-state index in [0.29, 0.717) is 17.6 Å². The molecule has 4 rings (SSSR count). The van der Waals surface area contributed by atoms with Gasteiger partial charge in [-0.25, -0.2) is 4.98 Å². The molecule has 2 saturated heterocycles. The van der Waals surface area contributed by atoms with Gasteiger partial charge in [-0.15, -0.1) is 11.3 Å². The number of aryl methyl sites for hydroxylation is 2. The van der Waals surface area contributed by atoms with Crippen molar-refractivity contribution in [1.82, 2.24) is 15.0 Å². The predicted molar refractivity (Wildman–Crippen MR) is 89.0 cm³/mol. The lowest BCUT2D eigenvalue weighted by molar-refractivity contribution is 0.0574. The van der Waals surface area contributed by atoms with Crippen molar-refractivity contribution >= 4 is 17.2 Å². The molecule has 6 nitrogen and oxygen atoms in total. The molecule has 2 fully saturated rings. The van der Waals surface area contributed by atoms with Crippen molar-refractivity contribution in [3.63, 3.8) is 0 Å². The summed E-state index contributed by atoms with van der Waals surface area (Å²) >= 11 is 1.71. The van der Waals surface area contributed by atoms with E-state index in [9.17, 15) is 4.79 Å². The van der Waals surface area contributed by atoms with Gasteiger partial charge in [0.2, 0.25) is 5.76 Å². The summed E-state index contributed by atoms with van der Waals surface area (Å²) in [6.45, 7) is 6.04. The van der Waals surface area contributed by atoms with Crippen LogP contribution in [0.15, 0.2) is 16.0 Å². The SMILES string of the molecule is Cc1cc(C(=O)N2CC[C@@H]3[C@@H](CO[C@@H]3Cc3nc(C)cs3)C2)on1. The van der Waals surface area contributed by atoms with Crippen LogP contribution in [0.1, 0.15) is 33.4 Å². The fourth-order valence-electron chi connectivity index (χ4n) is 3.77. The quantitative estimate of drug-likeness (QED) is 0.853. The monoisotopic (exact) mass is 347 g/mol. The molecule has 2 aromatic heterocycles. The molecule has 3 atom stereocenters. The van der Waals surface area contributed by atoms with Crippen LogP contribution in [-0.4, -0.2) is 46.7 Å². The van der Waals surface area contributed by atoms with E-state index >= 15 is 0 Å². The molecule has 7 heteroatoms. The van der Waals surface area contributed by atoms with Gasteiger partial charge in [0.1, 0.15) is 0 Å². The van der Waals surface area contributed by atoms with E-state index in [4.69, 9.17) is 9.26 Å². The standard InChI is InChI=1S/C17H21N3O3S/c1-10-5-15(23-19-10)17(21)20-4-3-13-12(7-20)8-22-14(13)6-16-18-11(2)9-24-16/h5,9,12-14H,3-4,6-8H2,1-2H3/t12-,13-,14-/m1/s1. The zero-order chi connectivity index (χ0) is 16.7. The van der Waals surface area contributed by atoms with E-state index in [1.807, 2.05) is 18.7 Å². The maximum absolute atomic E-state index is 12.5. The summed E-state index contributed by atoms with van der Waals surface area (Å²) < 4.78 is 11.2. The Hall–Kier alpha value is -1.73. The summed E-state index contributed by atoms with van der Waals surface area (Å²) in [6, 6.07) is 1.70. The first kappa shape index (κ1) is 15.8. The number of rotatable bonds is 3. The van der Waals surface area contributed by atoms with Crippen molar-refractivity contribution in [2.45, 2.75) is 32.8 Å². The van der Waals surface area contributed by atoms with Crippen LogP contribution >= 0.6 is 11.3 Å². The second kappa shape index (κ2) is 6.29. The van der Waals surface area contributed by atoms with Gasteiger partial charge in [0.05, 0.1) is 23.4 Å². The van der Waals surface area contributed by atoms with Crippen LogP contribution in [0, 0.1) is 25.7 Å². The fourth-order valence-corrected chi connectivity index (χ4v) is 4.59. The molecule has 0 spiro atoms. The van der Waals surface area contributed by atoms with Gasteiger partial charge in [-0.2, -0.15) is 0 Å². The van der Waals surface area contributed by atoms with Crippen molar-refractivity contribution in [1.29, 1.82) is 0 Å². The van der Waals surface area contributed by atoms with E-state index in [1.54, 1.807) is 17.4 Å². The Morgan fingerprint density at radius 1 is 1.42 bits per heavy atom. The number of likely N-dealkylation sites (tertiary alicyclic amines) is 1. The highest BCUT2D eigenvalue weighted by molar-refractivity contribution is 7.09. The predicted octanol–water partition coefficient (Wildman–Crippen LogP) is 2.47. The normalized spacial score (nSPS) is 26.6. The number of carbonyl (C=O) groups is 1. The molecule has 0 aromatic carbocycles. The first-order chi connectivity index (χ1) is 11.6. The molecule has 1 amide bonds. The number of thiazole rings is 1. The third-order valence-electron chi connectivity index (χ3n) is 4.96. The van der Waals surface area contributed by atoms with Crippen LogP contribution in [0.3, 0.4) is 0 Å². The third-order valence-corrected chi connectivity index (χ3v) is 5.95. The van der Waals surface area contributed by atoms with Gasteiger partial charge in [0, 0.05) is 42.6 Å². The minimum Gasteiger partial charge on any atom is -0.377 e. The lowest BCUT2D eigenvalue weighted by Gasteiger charge is -2.35. The highest BCUT2D eigenvalue weighted by Gasteiger charge is 2.42. The highest BCUT2D eigenvalue weighted by atomic mass is 32.1. The molecular weight excluding hydrogens is 326 g/mol. The Labute approximate surface area is 144 Å². The first-order valence-corrected chi connectivity index (χ1v) is 9.23. The fraction of sp³-hybridized carbons (Fsp3) is 0.588. The molecule has 128 valence electrons. The van der Waals surface area contributed by atoms with Crippen LogP contribution in [0.5, 0.6) is 0 Å². The van der Waals surface area contributed by atoms with E-state index in [0.717, 1.165) is 48.9 Å². The zero-order valence-electron chi connectivity index (χ0n) is 13.9. The minimum absolute atomic E-state index is 0.0620. The molecule has 0 radical (unpaired) electrons. The molecule has 0 unspecified atom stereocenters. The van der Waals surface area contributed by atoms with Crippen LogP contribution in [0.4, 0.5) is 0 Å². The van der Waals surface area contributed by atoms with Gasteiger partial charge >= 0.3 is 0 Å². The van der Waals surface area contributed by atoms with E-state index in [1.165, 1.54) is 0 Å². The smallest absolute Gasteiger partial charge is 0.292 e. The number of hydrogen-bond donors (Lipinski definition) is 0. The van der Waals surface area contributed by atoms with Gasteiger partial charge in [-0.1, -0.05) is 5.16 Å². The molecule has 2 aliphatic heterocycles. The van der Waals surface area contributed by atoms with Crippen LogP contribution in [0.2, 0.25) is 0 Å². The number of fused-ring (bicyclic) bond motifs is 1. The van der Waals surface area contributed by atoms with Gasteiger partial charge in [0.25, 0.3) is 5.91 Å². The average Bonchev–Trinajstić information content (AvgIpc) is 3.28. The maximum Gasteiger partial charge on any atom is 0.292 e. The van der Waals surface area contributed by atoms with Crippen LogP contribution in [0.25, 0.3) is 0 Å². The number of aromatic nitrogens is 2. The third kappa shape index (κ3) is 2.98. The number of amides is 1. The Bertz CT molecular complexity index is 741. The molecule has 4 heterocycles. The van der Waals surface area contributed by atoms with Gasteiger partial charge in [-0.3, -0.25) is 4.79 Å². The Morgan fingerprint density at radius 3 is 3.00 bits per heavy atom. The van der Waals surface area contributed by atoms with Crippen molar-refractivity contribution in [3.05, 3.63) is 33.6 Å². The van der Waals surface area contributed by atoms with Crippen molar-refractivity contribution in [3.8, 4) is 0 Å². The second-order valence-corrected chi connectivity index (χ2v) is 7.70. The van der Waals surface area contributed by atoms with Crippen molar-refractivity contribution < 1.29 is 14.1 Å².